The second-order valence-corrected chi connectivity index (χ2v) is 9.54. The van der Waals surface area contributed by atoms with Crippen molar-refractivity contribution in [2.45, 2.75) is 6.92 Å². The summed E-state index contributed by atoms with van der Waals surface area (Å²) in [5.74, 6) is -0.0888. The maximum Gasteiger partial charge on any atom is 0.363 e. The third-order valence-corrected chi connectivity index (χ3v) is 6.27. The van der Waals surface area contributed by atoms with Crippen LogP contribution in [0.25, 0.3) is 6.08 Å². The first-order valence-electron chi connectivity index (χ1n) is 9.79. The molecule has 0 N–H and O–H groups in total. The number of nitrogens with zero attached hydrogens (tertiary/aromatic N) is 1. The fourth-order valence-corrected chi connectivity index (χ4v) is 4.14. The Morgan fingerprint density at radius 2 is 1.73 bits per heavy atom. The molecule has 0 radical (unpaired) electrons. The van der Waals surface area contributed by atoms with E-state index >= 15 is 0 Å². The van der Waals surface area contributed by atoms with Crippen molar-refractivity contribution in [3.63, 3.8) is 0 Å². The van der Waals surface area contributed by atoms with Gasteiger partial charge in [0.25, 0.3) is 0 Å². The molecule has 0 saturated carbocycles. The number of methoxy groups -OCH3 is 1. The summed E-state index contributed by atoms with van der Waals surface area (Å²) in [5.41, 5.74) is 3.04. The second-order valence-electron chi connectivity index (χ2n) is 7.13. The van der Waals surface area contributed by atoms with E-state index in [1.54, 1.807) is 30.3 Å². The van der Waals surface area contributed by atoms with Crippen LogP contribution in [0.2, 0.25) is 0 Å². The standard InChI is InChI=1S/C25H17I2NO5/c1-14-3-5-17(6-4-14)24(29)32-22-19(27)11-15(13-21(22)31-2)12-20-25(30)33-23(28-20)16-7-9-18(26)10-8-16/h3-13H,1-2H3/b20-12-. The quantitative estimate of drug-likeness (QED) is 0.150. The summed E-state index contributed by atoms with van der Waals surface area (Å²) < 4.78 is 18.1. The highest BCUT2D eigenvalue weighted by Gasteiger charge is 2.25. The summed E-state index contributed by atoms with van der Waals surface area (Å²) in [7, 11) is 1.49. The molecule has 3 aromatic rings. The molecule has 0 bridgehead atoms. The lowest BCUT2D eigenvalue weighted by molar-refractivity contribution is -0.129. The molecule has 0 unspecified atom stereocenters. The van der Waals surface area contributed by atoms with Crippen LogP contribution in [0.3, 0.4) is 0 Å². The first-order chi connectivity index (χ1) is 15.8. The number of aryl methyl sites for hydroxylation is 1. The average Bonchev–Trinajstić information content (AvgIpc) is 3.16. The zero-order chi connectivity index (χ0) is 23.5. The van der Waals surface area contributed by atoms with Crippen LogP contribution in [0.4, 0.5) is 0 Å². The summed E-state index contributed by atoms with van der Waals surface area (Å²) in [4.78, 5) is 29.3. The number of benzene rings is 3. The highest BCUT2D eigenvalue weighted by atomic mass is 127. The molecule has 0 amide bonds. The smallest absolute Gasteiger partial charge is 0.363 e. The van der Waals surface area contributed by atoms with Gasteiger partial charge in [0.1, 0.15) is 0 Å². The van der Waals surface area contributed by atoms with Gasteiger partial charge >= 0.3 is 11.9 Å². The van der Waals surface area contributed by atoms with Gasteiger partial charge in [0.15, 0.2) is 17.2 Å². The maximum absolute atomic E-state index is 12.6. The molecule has 0 aromatic heterocycles. The highest BCUT2D eigenvalue weighted by Crippen LogP contribution is 2.35. The third kappa shape index (κ3) is 5.44. The Labute approximate surface area is 217 Å². The zero-order valence-electron chi connectivity index (χ0n) is 17.6. The van der Waals surface area contributed by atoms with Gasteiger partial charge in [-0.15, -0.1) is 0 Å². The first kappa shape index (κ1) is 23.4. The number of hydrogen-bond donors (Lipinski definition) is 0. The van der Waals surface area contributed by atoms with E-state index in [-0.39, 0.29) is 11.6 Å². The lowest BCUT2D eigenvalue weighted by atomic mass is 10.1. The van der Waals surface area contributed by atoms with E-state index in [9.17, 15) is 9.59 Å². The van der Waals surface area contributed by atoms with Crippen molar-refractivity contribution in [3.05, 3.63) is 95.8 Å². The molecule has 0 spiro atoms. The molecule has 4 rings (SSSR count). The minimum Gasteiger partial charge on any atom is -0.493 e. The van der Waals surface area contributed by atoms with E-state index in [1.165, 1.54) is 7.11 Å². The molecule has 1 aliphatic heterocycles. The predicted molar refractivity (Wildman–Crippen MR) is 142 cm³/mol. The molecule has 6 nitrogen and oxygen atoms in total. The van der Waals surface area contributed by atoms with Gasteiger partial charge in [0, 0.05) is 9.13 Å². The number of ether oxygens (including phenoxy) is 3. The van der Waals surface area contributed by atoms with Crippen LogP contribution >= 0.6 is 45.2 Å². The lowest BCUT2D eigenvalue weighted by Gasteiger charge is -2.12. The number of carbonyl (C=O) groups is 2. The fraction of sp³-hybridized carbons (Fsp3) is 0.0800. The van der Waals surface area contributed by atoms with Crippen LogP contribution < -0.4 is 9.47 Å². The number of halogens is 2. The van der Waals surface area contributed by atoms with Gasteiger partial charge in [-0.1, -0.05) is 17.7 Å². The summed E-state index contributed by atoms with van der Waals surface area (Å²) >= 11 is 4.27. The van der Waals surface area contributed by atoms with Crippen molar-refractivity contribution in [2.75, 3.05) is 7.11 Å². The zero-order valence-corrected chi connectivity index (χ0v) is 21.9. The largest absolute Gasteiger partial charge is 0.493 e. The van der Waals surface area contributed by atoms with Crippen LogP contribution in [0.1, 0.15) is 27.0 Å². The Balaban J connectivity index is 1.61. The molecule has 8 heteroatoms. The topological polar surface area (TPSA) is 74.2 Å². The average molecular weight is 665 g/mol. The molecule has 0 aliphatic carbocycles. The molecule has 1 aliphatic rings. The minimum absolute atomic E-state index is 0.172. The van der Waals surface area contributed by atoms with Gasteiger partial charge in [-0.3, -0.25) is 0 Å². The van der Waals surface area contributed by atoms with Gasteiger partial charge in [-0.05, 0) is 112 Å². The summed E-state index contributed by atoms with van der Waals surface area (Å²) in [6.45, 7) is 1.95. The molecule has 166 valence electrons. The number of carbonyl (C=O) groups excluding carboxylic acids is 2. The Bertz CT molecular complexity index is 1300. The second kappa shape index (κ2) is 10.0. The third-order valence-electron chi connectivity index (χ3n) is 4.75. The Morgan fingerprint density at radius 1 is 1.03 bits per heavy atom. The van der Waals surface area contributed by atoms with Gasteiger partial charge < -0.3 is 14.2 Å². The van der Waals surface area contributed by atoms with Crippen LogP contribution in [0.5, 0.6) is 11.5 Å². The Hall–Kier alpha value is -2.73. The van der Waals surface area contributed by atoms with Crippen molar-refractivity contribution < 1.29 is 23.8 Å². The predicted octanol–water partition coefficient (Wildman–Crippen LogP) is 5.78. The minimum atomic E-state index is -0.535. The highest BCUT2D eigenvalue weighted by molar-refractivity contribution is 14.1. The van der Waals surface area contributed by atoms with Crippen molar-refractivity contribution in [3.8, 4) is 11.5 Å². The SMILES string of the molecule is COc1cc(/C=C2\N=C(c3ccc(I)cc3)OC2=O)cc(I)c1OC(=O)c1ccc(C)cc1. The number of esters is 2. The van der Waals surface area contributed by atoms with E-state index in [2.05, 4.69) is 50.2 Å². The fourth-order valence-electron chi connectivity index (χ4n) is 3.05. The number of rotatable bonds is 5. The monoisotopic (exact) mass is 665 g/mol. The molecule has 3 aromatic carbocycles. The Kier molecular flexibility index (Phi) is 7.13. The molecular weight excluding hydrogens is 648 g/mol. The number of cyclic esters (lactones) is 1. The van der Waals surface area contributed by atoms with Gasteiger partial charge in [0.2, 0.25) is 5.90 Å². The molecule has 0 fully saturated rings. The maximum atomic E-state index is 12.6. The van der Waals surface area contributed by atoms with Gasteiger partial charge in [-0.25, -0.2) is 14.6 Å². The first-order valence-corrected chi connectivity index (χ1v) is 11.9. The lowest BCUT2D eigenvalue weighted by Crippen LogP contribution is -2.10. The van der Waals surface area contributed by atoms with E-state index in [0.29, 0.717) is 26.2 Å². The molecule has 0 atom stereocenters. The van der Waals surface area contributed by atoms with E-state index in [0.717, 1.165) is 14.7 Å². The Morgan fingerprint density at radius 3 is 2.39 bits per heavy atom. The number of hydrogen-bond acceptors (Lipinski definition) is 6. The van der Waals surface area contributed by atoms with Gasteiger partial charge in [0.05, 0.1) is 16.2 Å². The van der Waals surface area contributed by atoms with Crippen LogP contribution in [0.15, 0.2) is 71.4 Å². The van der Waals surface area contributed by atoms with Gasteiger partial charge in [-0.2, -0.15) is 0 Å². The van der Waals surface area contributed by atoms with E-state index in [1.807, 2.05) is 43.3 Å². The van der Waals surface area contributed by atoms with Crippen LogP contribution in [-0.2, 0) is 9.53 Å². The van der Waals surface area contributed by atoms with Crippen molar-refractivity contribution in [2.24, 2.45) is 4.99 Å². The summed E-state index contributed by atoms with van der Waals surface area (Å²) in [6.07, 6.45) is 1.61. The van der Waals surface area contributed by atoms with Crippen LogP contribution in [0, 0.1) is 14.1 Å². The molecule has 1 heterocycles. The van der Waals surface area contributed by atoms with E-state index in [4.69, 9.17) is 14.2 Å². The molecule has 33 heavy (non-hydrogen) atoms. The molecule has 0 saturated heterocycles. The summed E-state index contributed by atoms with van der Waals surface area (Å²) in [5, 5.41) is 0. The number of aliphatic imine (C=N–C) groups is 1. The van der Waals surface area contributed by atoms with Crippen LogP contribution in [-0.4, -0.2) is 24.9 Å². The summed E-state index contributed by atoms with van der Waals surface area (Å²) in [6, 6.07) is 18.1. The van der Waals surface area contributed by atoms with Crippen molar-refractivity contribution in [1.82, 2.24) is 0 Å². The van der Waals surface area contributed by atoms with E-state index < -0.39 is 11.9 Å². The molecular formula is C25H17I2NO5. The van der Waals surface area contributed by atoms with Crippen molar-refractivity contribution >= 4 is 69.1 Å². The van der Waals surface area contributed by atoms with Crippen molar-refractivity contribution in [1.29, 1.82) is 0 Å². The normalized spacial score (nSPS) is 14.1.